The topological polar surface area (TPSA) is 85.4 Å². The van der Waals surface area contributed by atoms with E-state index in [1.807, 2.05) is 0 Å². The van der Waals surface area contributed by atoms with Crippen molar-refractivity contribution >= 4 is 52.3 Å². The van der Waals surface area contributed by atoms with Gasteiger partial charge in [0.05, 0.1) is 15.5 Å². The summed E-state index contributed by atoms with van der Waals surface area (Å²) < 4.78 is 4.76. The minimum atomic E-state index is -0.801. The van der Waals surface area contributed by atoms with Gasteiger partial charge in [-0.1, -0.05) is 29.3 Å². The smallest absolute Gasteiger partial charge is 0.340 e. The second-order valence-electron chi connectivity index (χ2n) is 3.93. The van der Waals surface area contributed by atoms with Crippen LogP contribution in [-0.2, 0) is 9.53 Å². The van der Waals surface area contributed by atoms with Crippen molar-refractivity contribution in [2.75, 3.05) is 6.61 Å². The molecule has 0 aromatic carbocycles. The van der Waals surface area contributed by atoms with Crippen LogP contribution in [0.2, 0.25) is 10.2 Å². The van der Waals surface area contributed by atoms with Crippen molar-refractivity contribution in [3.8, 4) is 0 Å². The predicted octanol–water partition coefficient (Wildman–Crippen LogP) is 2.56. The molecule has 0 unspecified atom stereocenters. The van der Waals surface area contributed by atoms with Crippen molar-refractivity contribution in [2.45, 2.75) is 0 Å². The number of ether oxygens (including phenoxy) is 1. The molecule has 0 aliphatic rings. The zero-order valence-corrected chi connectivity index (χ0v) is 13.2. The first kappa shape index (κ1) is 16.4. The maximum absolute atomic E-state index is 11.7. The molecule has 0 fully saturated rings. The third kappa shape index (κ3) is 4.27. The van der Waals surface area contributed by atoms with Gasteiger partial charge in [-0.15, -0.1) is 11.3 Å². The molecule has 0 aliphatic heterocycles. The van der Waals surface area contributed by atoms with Crippen molar-refractivity contribution in [1.29, 1.82) is 0 Å². The summed E-state index contributed by atoms with van der Waals surface area (Å²) in [5.74, 6) is -2.09. The summed E-state index contributed by atoms with van der Waals surface area (Å²) in [6.07, 6.45) is 1.17. The number of hydrogen-bond acceptors (Lipinski definition) is 6. The van der Waals surface area contributed by atoms with Gasteiger partial charge in [-0.2, -0.15) is 0 Å². The molecular formula is C13H8Cl2N2O4S. The first-order valence-electron chi connectivity index (χ1n) is 5.83. The van der Waals surface area contributed by atoms with E-state index in [0.29, 0.717) is 4.88 Å². The van der Waals surface area contributed by atoms with Crippen molar-refractivity contribution < 1.29 is 19.1 Å². The number of aromatic nitrogens is 1. The number of nitrogens with zero attached hydrogens (tertiary/aromatic N) is 1. The predicted molar refractivity (Wildman–Crippen MR) is 81.3 cm³/mol. The maximum atomic E-state index is 11.7. The van der Waals surface area contributed by atoms with Crippen LogP contribution in [0.5, 0.6) is 0 Å². The number of hydrogen-bond donors (Lipinski definition) is 1. The average molecular weight is 359 g/mol. The van der Waals surface area contributed by atoms with E-state index < -0.39 is 24.4 Å². The third-order valence-electron chi connectivity index (χ3n) is 2.36. The Balaban J connectivity index is 1.86. The first-order valence-corrected chi connectivity index (χ1v) is 7.47. The lowest BCUT2D eigenvalue weighted by Crippen LogP contribution is -2.33. The van der Waals surface area contributed by atoms with Crippen LogP contribution in [0.15, 0.2) is 29.8 Å². The van der Waals surface area contributed by atoms with Gasteiger partial charge in [-0.3, -0.25) is 14.9 Å². The second kappa shape index (κ2) is 7.35. The quantitative estimate of drug-likeness (QED) is 0.670. The molecule has 22 heavy (non-hydrogen) atoms. The Hall–Kier alpha value is -1.96. The Morgan fingerprint density at radius 3 is 2.73 bits per heavy atom. The Kier molecular flexibility index (Phi) is 5.48. The summed E-state index contributed by atoms with van der Waals surface area (Å²) in [7, 11) is 0. The van der Waals surface area contributed by atoms with E-state index in [0.717, 1.165) is 0 Å². The molecule has 0 bridgehead atoms. The number of imide groups is 1. The zero-order chi connectivity index (χ0) is 16.1. The number of nitrogens with one attached hydrogen (secondary N) is 1. The lowest BCUT2D eigenvalue weighted by atomic mass is 10.3. The van der Waals surface area contributed by atoms with Gasteiger partial charge in [0.15, 0.2) is 6.61 Å². The van der Waals surface area contributed by atoms with Gasteiger partial charge in [0.25, 0.3) is 11.8 Å². The van der Waals surface area contributed by atoms with Crippen molar-refractivity contribution in [3.63, 3.8) is 0 Å². The Morgan fingerprint density at radius 2 is 2.09 bits per heavy atom. The second-order valence-corrected chi connectivity index (χ2v) is 5.64. The van der Waals surface area contributed by atoms with Gasteiger partial charge in [-0.05, 0) is 17.5 Å². The van der Waals surface area contributed by atoms with Crippen LogP contribution in [0.25, 0.3) is 0 Å². The highest BCUT2D eigenvalue weighted by Gasteiger charge is 2.15. The number of halogens is 2. The fourth-order valence-corrected chi connectivity index (χ4v) is 2.27. The summed E-state index contributed by atoms with van der Waals surface area (Å²) in [5.41, 5.74) is 0.0479. The number of amides is 2. The van der Waals surface area contributed by atoms with Crippen molar-refractivity contribution in [2.24, 2.45) is 0 Å². The van der Waals surface area contributed by atoms with Gasteiger partial charge in [0, 0.05) is 6.20 Å². The molecule has 0 saturated heterocycles. The highest BCUT2D eigenvalue weighted by atomic mass is 35.5. The van der Waals surface area contributed by atoms with Gasteiger partial charge >= 0.3 is 5.97 Å². The SMILES string of the molecule is O=C(COC(=O)c1cnc(Cl)c(Cl)c1)NC(=O)c1cccs1. The molecule has 0 atom stereocenters. The summed E-state index contributed by atoms with van der Waals surface area (Å²) >= 11 is 12.5. The monoisotopic (exact) mass is 358 g/mol. The van der Waals surface area contributed by atoms with Crippen LogP contribution >= 0.6 is 34.5 Å². The van der Waals surface area contributed by atoms with E-state index in [1.165, 1.54) is 23.6 Å². The number of carbonyl (C=O) groups is 3. The molecular weight excluding hydrogens is 351 g/mol. The summed E-state index contributed by atoms with van der Waals surface area (Å²) in [6, 6.07) is 4.52. The highest BCUT2D eigenvalue weighted by molar-refractivity contribution is 7.12. The lowest BCUT2D eigenvalue weighted by molar-refractivity contribution is -0.123. The van der Waals surface area contributed by atoms with Crippen LogP contribution in [0, 0.1) is 0 Å². The number of carbonyl (C=O) groups excluding carboxylic acids is 3. The Morgan fingerprint density at radius 1 is 1.32 bits per heavy atom. The zero-order valence-electron chi connectivity index (χ0n) is 10.8. The van der Waals surface area contributed by atoms with E-state index in [-0.39, 0.29) is 15.7 Å². The largest absolute Gasteiger partial charge is 0.452 e. The van der Waals surface area contributed by atoms with Gasteiger partial charge in [0.2, 0.25) is 0 Å². The maximum Gasteiger partial charge on any atom is 0.340 e. The molecule has 2 amide bonds. The van der Waals surface area contributed by atoms with E-state index in [2.05, 4.69) is 10.3 Å². The van der Waals surface area contributed by atoms with Crippen LogP contribution in [-0.4, -0.2) is 29.4 Å². The number of rotatable bonds is 4. The Labute approximate surface area is 139 Å². The molecule has 2 heterocycles. The molecule has 1 N–H and O–H groups in total. The van der Waals surface area contributed by atoms with E-state index >= 15 is 0 Å². The number of thiophene rings is 1. The van der Waals surface area contributed by atoms with E-state index in [9.17, 15) is 14.4 Å². The molecule has 2 aromatic heterocycles. The lowest BCUT2D eigenvalue weighted by Gasteiger charge is -2.05. The van der Waals surface area contributed by atoms with E-state index in [4.69, 9.17) is 27.9 Å². The standard InChI is InChI=1S/C13H8Cl2N2O4S/c14-8-4-7(5-16-11(8)15)13(20)21-6-10(18)17-12(19)9-2-1-3-22-9/h1-5H,6H2,(H,17,18,19). The number of esters is 1. The fraction of sp³-hybridized carbons (Fsp3) is 0.0769. The molecule has 6 nitrogen and oxygen atoms in total. The molecule has 2 rings (SSSR count). The van der Waals surface area contributed by atoms with E-state index in [1.54, 1.807) is 17.5 Å². The highest BCUT2D eigenvalue weighted by Crippen LogP contribution is 2.20. The molecule has 0 spiro atoms. The summed E-state index contributed by atoms with van der Waals surface area (Å²) in [6.45, 7) is -0.601. The summed E-state index contributed by atoms with van der Waals surface area (Å²) in [4.78, 5) is 38.9. The van der Waals surface area contributed by atoms with Crippen LogP contribution in [0.4, 0.5) is 0 Å². The van der Waals surface area contributed by atoms with Crippen LogP contribution in [0.3, 0.4) is 0 Å². The summed E-state index contributed by atoms with van der Waals surface area (Å²) in [5, 5.41) is 3.95. The molecule has 0 aliphatic carbocycles. The molecule has 114 valence electrons. The van der Waals surface area contributed by atoms with Crippen molar-refractivity contribution in [3.05, 3.63) is 50.4 Å². The average Bonchev–Trinajstić information content (AvgIpc) is 3.02. The van der Waals surface area contributed by atoms with Crippen LogP contribution < -0.4 is 5.32 Å². The molecule has 0 saturated carbocycles. The Bertz CT molecular complexity index is 719. The van der Waals surface area contributed by atoms with Gasteiger partial charge < -0.3 is 4.74 Å². The number of pyridine rings is 1. The fourth-order valence-electron chi connectivity index (χ4n) is 1.38. The molecule has 0 radical (unpaired) electrons. The normalized spacial score (nSPS) is 10.1. The first-order chi connectivity index (χ1) is 10.5. The third-order valence-corrected chi connectivity index (χ3v) is 3.92. The molecule has 9 heteroatoms. The van der Waals surface area contributed by atoms with Gasteiger partial charge in [0.1, 0.15) is 5.15 Å². The molecule has 2 aromatic rings. The van der Waals surface area contributed by atoms with Crippen LogP contribution in [0.1, 0.15) is 20.0 Å². The van der Waals surface area contributed by atoms with Gasteiger partial charge in [-0.25, -0.2) is 9.78 Å². The van der Waals surface area contributed by atoms with Crippen molar-refractivity contribution in [1.82, 2.24) is 10.3 Å². The minimum absolute atomic E-state index is 0.0479. The minimum Gasteiger partial charge on any atom is -0.452 e.